The summed E-state index contributed by atoms with van der Waals surface area (Å²) in [5, 5.41) is 3.70. The monoisotopic (exact) mass is 235 g/mol. The number of hydrogen-bond acceptors (Lipinski definition) is 2. The van der Waals surface area contributed by atoms with Gasteiger partial charge in [-0.3, -0.25) is 0 Å². The van der Waals surface area contributed by atoms with Crippen LogP contribution in [0, 0.1) is 0 Å². The van der Waals surface area contributed by atoms with Gasteiger partial charge in [-0.15, -0.1) is 0 Å². The van der Waals surface area contributed by atoms with Crippen molar-refractivity contribution in [2.45, 2.75) is 51.9 Å². The summed E-state index contributed by atoms with van der Waals surface area (Å²) in [4.78, 5) is 2.45. The average molecular weight is 235 g/mol. The van der Waals surface area contributed by atoms with Gasteiger partial charge in [0.2, 0.25) is 0 Å². The second-order valence-corrected chi connectivity index (χ2v) is 5.22. The molecule has 3 nitrogen and oxygen atoms in total. The molecule has 0 bridgehead atoms. The molecule has 2 heterocycles. The molecular weight excluding hydrogens is 210 g/mol. The molecule has 0 aromatic carbocycles. The Morgan fingerprint density at radius 2 is 2.29 bits per heavy atom. The summed E-state index contributed by atoms with van der Waals surface area (Å²) in [5.74, 6) is 0. The fraction of sp³-hybridized carbons (Fsp3) is 0.714. The molecule has 17 heavy (non-hydrogen) atoms. The highest BCUT2D eigenvalue weighted by molar-refractivity contribution is 5.07. The summed E-state index contributed by atoms with van der Waals surface area (Å²) in [7, 11) is 2.23. The largest absolute Gasteiger partial charge is 0.351 e. The summed E-state index contributed by atoms with van der Waals surface area (Å²) in [6, 6.07) is 5.74. The fourth-order valence-electron chi connectivity index (χ4n) is 2.64. The summed E-state index contributed by atoms with van der Waals surface area (Å²) < 4.78 is 2.31. The van der Waals surface area contributed by atoms with Gasteiger partial charge < -0.3 is 14.8 Å². The van der Waals surface area contributed by atoms with Crippen molar-refractivity contribution >= 4 is 0 Å². The first kappa shape index (κ1) is 12.7. The molecule has 0 spiro atoms. The lowest BCUT2D eigenvalue weighted by Crippen LogP contribution is -2.45. The van der Waals surface area contributed by atoms with Gasteiger partial charge in [0, 0.05) is 37.1 Å². The van der Waals surface area contributed by atoms with Gasteiger partial charge in [-0.25, -0.2) is 0 Å². The SMILES string of the molecule is CCn1cccc1CNC1CCN(C)C(C)C1. The van der Waals surface area contributed by atoms with Crippen LogP contribution in [0.5, 0.6) is 0 Å². The molecular formula is C14H25N3. The number of piperidine rings is 1. The van der Waals surface area contributed by atoms with Gasteiger partial charge in [-0.05, 0) is 52.4 Å². The molecule has 1 fully saturated rings. The smallest absolute Gasteiger partial charge is 0.0361 e. The van der Waals surface area contributed by atoms with Gasteiger partial charge >= 0.3 is 0 Å². The van der Waals surface area contributed by atoms with Gasteiger partial charge in [0.05, 0.1) is 0 Å². The van der Waals surface area contributed by atoms with Crippen LogP contribution in [0.25, 0.3) is 0 Å². The first-order chi connectivity index (χ1) is 8.20. The van der Waals surface area contributed by atoms with Crippen molar-refractivity contribution in [1.82, 2.24) is 14.8 Å². The first-order valence-electron chi connectivity index (χ1n) is 6.78. The molecule has 2 unspecified atom stereocenters. The van der Waals surface area contributed by atoms with Crippen molar-refractivity contribution in [2.24, 2.45) is 0 Å². The number of aryl methyl sites for hydroxylation is 1. The lowest BCUT2D eigenvalue weighted by Gasteiger charge is -2.35. The molecule has 0 radical (unpaired) electrons. The van der Waals surface area contributed by atoms with Crippen molar-refractivity contribution < 1.29 is 0 Å². The molecule has 0 aliphatic carbocycles. The summed E-state index contributed by atoms with van der Waals surface area (Å²) in [6.45, 7) is 7.80. The van der Waals surface area contributed by atoms with E-state index in [1.165, 1.54) is 25.1 Å². The predicted octanol–water partition coefficient (Wildman–Crippen LogP) is 2.08. The van der Waals surface area contributed by atoms with E-state index in [1.54, 1.807) is 0 Å². The van der Waals surface area contributed by atoms with Gasteiger partial charge in [-0.2, -0.15) is 0 Å². The van der Waals surface area contributed by atoms with Gasteiger partial charge in [0.1, 0.15) is 0 Å². The second-order valence-electron chi connectivity index (χ2n) is 5.22. The summed E-state index contributed by atoms with van der Waals surface area (Å²) in [5.41, 5.74) is 1.40. The van der Waals surface area contributed by atoms with E-state index in [2.05, 4.69) is 54.0 Å². The zero-order valence-corrected chi connectivity index (χ0v) is 11.3. The van der Waals surface area contributed by atoms with Crippen LogP contribution < -0.4 is 5.32 Å². The molecule has 1 aliphatic heterocycles. The lowest BCUT2D eigenvalue weighted by atomic mass is 9.99. The van der Waals surface area contributed by atoms with Gasteiger partial charge in [-0.1, -0.05) is 0 Å². The number of nitrogens with zero attached hydrogens (tertiary/aromatic N) is 2. The minimum atomic E-state index is 0.682. The van der Waals surface area contributed by atoms with Crippen molar-refractivity contribution in [1.29, 1.82) is 0 Å². The Hall–Kier alpha value is -0.800. The first-order valence-corrected chi connectivity index (χ1v) is 6.78. The van der Waals surface area contributed by atoms with Gasteiger partial charge in [0.15, 0.2) is 0 Å². The fourth-order valence-corrected chi connectivity index (χ4v) is 2.64. The van der Waals surface area contributed by atoms with E-state index in [0.717, 1.165) is 13.1 Å². The maximum Gasteiger partial charge on any atom is 0.0361 e. The second kappa shape index (κ2) is 5.69. The zero-order valence-electron chi connectivity index (χ0n) is 11.3. The number of aromatic nitrogens is 1. The van der Waals surface area contributed by atoms with Crippen LogP contribution in [0.3, 0.4) is 0 Å². The minimum Gasteiger partial charge on any atom is -0.351 e. The Labute approximate surface area is 105 Å². The third-order valence-corrected chi connectivity index (χ3v) is 4.04. The normalized spacial score (nSPS) is 26.3. The van der Waals surface area contributed by atoms with Crippen LogP contribution in [0.2, 0.25) is 0 Å². The quantitative estimate of drug-likeness (QED) is 0.862. The molecule has 0 amide bonds. The molecule has 1 N–H and O–H groups in total. The summed E-state index contributed by atoms with van der Waals surface area (Å²) >= 11 is 0. The topological polar surface area (TPSA) is 20.2 Å². The highest BCUT2D eigenvalue weighted by atomic mass is 15.1. The molecule has 1 aliphatic rings. The molecule has 1 aromatic heterocycles. The molecule has 1 aromatic rings. The molecule has 2 atom stereocenters. The van der Waals surface area contributed by atoms with E-state index in [0.29, 0.717) is 12.1 Å². The van der Waals surface area contributed by atoms with Crippen LogP contribution in [-0.2, 0) is 13.1 Å². The van der Waals surface area contributed by atoms with Crippen molar-refractivity contribution in [3.63, 3.8) is 0 Å². The van der Waals surface area contributed by atoms with E-state index in [9.17, 15) is 0 Å². The van der Waals surface area contributed by atoms with Crippen LogP contribution in [-0.4, -0.2) is 35.1 Å². The standard InChI is InChI=1S/C14H25N3/c1-4-17-8-5-6-14(17)11-15-13-7-9-16(3)12(2)10-13/h5-6,8,12-13,15H,4,7,9-11H2,1-3H3. The number of likely N-dealkylation sites (tertiary alicyclic amines) is 1. The van der Waals surface area contributed by atoms with Crippen molar-refractivity contribution in [3.05, 3.63) is 24.0 Å². The van der Waals surface area contributed by atoms with Crippen molar-refractivity contribution in [3.8, 4) is 0 Å². The molecule has 0 saturated carbocycles. The van der Waals surface area contributed by atoms with Crippen LogP contribution in [0.15, 0.2) is 18.3 Å². The van der Waals surface area contributed by atoms with E-state index < -0.39 is 0 Å². The van der Waals surface area contributed by atoms with E-state index in [-0.39, 0.29) is 0 Å². The lowest BCUT2D eigenvalue weighted by molar-refractivity contribution is 0.167. The molecule has 3 heteroatoms. The van der Waals surface area contributed by atoms with E-state index >= 15 is 0 Å². The third kappa shape index (κ3) is 3.11. The van der Waals surface area contributed by atoms with Gasteiger partial charge in [0.25, 0.3) is 0 Å². The Balaban J connectivity index is 1.82. The molecule has 2 rings (SSSR count). The number of nitrogens with one attached hydrogen (secondary N) is 1. The Kier molecular flexibility index (Phi) is 4.24. The zero-order chi connectivity index (χ0) is 12.3. The Morgan fingerprint density at radius 1 is 1.47 bits per heavy atom. The average Bonchev–Trinajstić information content (AvgIpc) is 2.78. The highest BCUT2D eigenvalue weighted by Crippen LogP contribution is 2.15. The third-order valence-electron chi connectivity index (χ3n) is 4.04. The molecule has 96 valence electrons. The highest BCUT2D eigenvalue weighted by Gasteiger charge is 2.22. The predicted molar refractivity (Wildman–Crippen MR) is 72.1 cm³/mol. The van der Waals surface area contributed by atoms with Crippen LogP contribution >= 0.6 is 0 Å². The number of rotatable bonds is 4. The number of hydrogen-bond donors (Lipinski definition) is 1. The maximum absolute atomic E-state index is 3.70. The Morgan fingerprint density at radius 3 is 3.00 bits per heavy atom. The Bertz CT molecular complexity index is 345. The van der Waals surface area contributed by atoms with E-state index in [4.69, 9.17) is 0 Å². The van der Waals surface area contributed by atoms with Crippen LogP contribution in [0.1, 0.15) is 32.4 Å². The van der Waals surface area contributed by atoms with Crippen molar-refractivity contribution in [2.75, 3.05) is 13.6 Å². The summed E-state index contributed by atoms with van der Waals surface area (Å²) in [6.07, 6.45) is 4.70. The molecule has 1 saturated heterocycles. The minimum absolute atomic E-state index is 0.682. The maximum atomic E-state index is 3.70. The van der Waals surface area contributed by atoms with Crippen LogP contribution in [0.4, 0.5) is 0 Å². The van der Waals surface area contributed by atoms with E-state index in [1.807, 2.05) is 0 Å².